The van der Waals surface area contributed by atoms with Crippen LogP contribution < -0.4 is 33.2 Å². The Kier molecular flexibility index (Phi) is 11.9. The van der Waals surface area contributed by atoms with Crippen LogP contribution in [0.25, 0.3) is 0 Å². The molecule has 0 aromatic carbocycles. The summed E-state index contributed by atoms with van der Waals surface area (Å²) in [6.07, 6.45) is 0.754. The van der Waals surface area contributed by atoms with Crippen LogP contribution in [0.4, 0.5) is 0 Å². The van der Waals surface area contributed by atoms with Gasteiger partial charge >= 0.3 is 5.97 Å². The van der Waals surface area contributed by atoms with E-state index in [0.29, 0.717) is 13.0 Å². The summed E-state index contributed by atoms with van der Waals surface area (Å²) in [5.41, 5.74) is 16.0. The van der Waals surface area contributed by atoms with Crippen molar-refractivity contribution in [3.8, 4) is 0 Å². The highest BCUT2D eigenvalue weighted by molar-refractivity contribution is 5.92. The van der Waals surface area contributed by atoms with Crippen LogP contribution in [0, 0.1) is 5.92 Å². The van der Waals surface area contributed by atoms with Crippen LogP contribution in [-0.4, -0.2) is 77.7 Å². The predicted octanol–water partition coefficient (Wildman–Crippen LogP) is -3.81. The Morgan fingerprint density at radius 3 is 2.17 bits per heavy atom. The number of rotatable bonds is 13. The molecule has 0 aliphatic carbocycles. The van der Waals surface area contributed by atoms with Crippen LogP contribution in [0.5, 0.6) is 0 Å². The number of hydrogen-bond acceptors (Lipinski definition) is 7. The van der Waals surface area contributed by atoms with Crippen molar-refractivity contribution in [1.82, 2.24) is 16.0 Å². The molecule has 166 valence electrons. The van der Waals surface area contributed by atoms with Crippen molar-refractivity contribution in [3.63, 3.8) is 0 Å². The molecule has 0 saturated heterocycles. The lowest BCUT2D eigenvalue weighted by Crippen LogP contribution is -2.56. The zero-order chi connectivity index (χ0) is 22.6. The lowest BCUT2D eigenvalue weighted by atomic mass is 10.0. The van der Waals surface area contributed by atoms with E-state index in [2.05, 4.69) is 20.9 Å². The molecule has 29 heavy (non-hydrogen) atoms. The van der Waals surface area contributed by atoms with Crippen molar-refractivity contribution < 1.29 is 29.4 Å². The van der Waals surface area contributed by atoms with Gasteiger partial charge in [-0.15, -0.1) is 0 Å². The van der Waals surface area contributed by atoms with Crippen LogP contribution in [0.1, 0.15) is 26.7 Å². The third-order valence-electron chi connectivity index (χ3n) is 3.79. The highest BCUT2D eigenvalue weighted by atomic mass is 16.4. The van der Waals surface area contributed by atoms with Crippen LogP contribution in [0.2, 0.25) is 0 Å². The van der Waals surface area contributed by atoms with Gasteiger partial charge in [0.15, 0.2) is 5.96 Å². The lowest BCUT2D eigenvalue weighted by molar-refractivity contribution is -0.143. The Balaban J connectivity index is 4.47. The number of aliphatic imine (C=N–C) groups is 1. The number of nitrogens with two attached hydrogens (primary N) is 3. The summed E-state index contributed by atoms with van der Waals surface area (Å²) in [7, 11) is 0. The quantitative estimate of drug-likeness (QED) is 0.0831. The van der Waals surface area contributed by atoms with Crippen molar-refractivity contribution in [3.05, 3.63) is 0 Å². The van der Waals surface area contributed by atoms with Gasteiger partial charge in [0.25, 0.3) is 0 Å². The summed E-state index contributed by atoms with van der Waals surface area (Å²) in [5, 5.41) is 25.2. The number of carbonyl (C=O) groups excluding carboxylic acids is 3. The summed E-state index contributed by atoms with van der Waals surface area (Å²) in [6.45, 7) is 2.28. The number of nitrogens with one attached hydrogen (secondary N) is 3. The first-order valence-electron chi connectivity index (χ1n) is 9.01. The van der Waals surface area contributed by atoms with Gasteiger partial charge in [0.2, 0.25) is 17.7 Å². The van der Waals surface area contributed by atoms with Crippen molar-refractivity contribution in [2.75, 3.05) is 19.7 Å². The Labute approximate surface area is 168 Å². The molecule has 11 N–H and O–H groups in total. The summed E-state index contributed by atoms with van der Waals surface area (Å²) in [4.78, 5) is 50.8. The molecule has 0 bridgehead atoms. The molecule has 0 heterocycles. The highest BCUT2D eigenvalue weighted by Gasteiger charge is 2.28. The number of nitrogens with zero attached hydrogens (tertiary/aromatic N) is 1. The molecular weight excluding hydrogens is 386 g/mol. The molecule has 0 aromatic rings. The van der Waals surface area contributed by atoms with Gasteiger partial charge in [-0.25, -0.2) is 4.79 Å². The Morgan fingerprint density at radius 2 is 1.69 bits per heavy atom. The summed E-state index contributed by atoms with van der Waals surface area (Å²) in [5.74, 6) is -3.90. The average molecular weight is 417 g/mol. The molecule has 0 aromatic heterocycles. The number of carboxylic acid groups (broad SMARTS) is 1. The zero-order valence-corrected chi connectivity index (χ0v) is 16.6. The minimum Gasteiger partial charge on any atom is -0.480 e. The first-order chi connectivity index (χ1) is 13.5. The van der Waals surface area contributed by atoms with E-state index in [0.717, 1.165) is 0 Å². The molecule has 0 fully saturated rings. The number of carboxylic acids is 1. The van der Waals surface area contributed by atoms with Crippen LogP contribution in [0.3, 0.4) is 0 Å². The molecular formula is C16H31N7O6. The molecule has 0 spiro atoms. The molecule has 13 heteroatoms. The van der Waals surface area contributed by atoms with E-state index >= 15 is 0 Å². The van der Waals surface area contributed by atoms with Crippen molar-refractivity contribution >= 4 is 29.7 Å². The molecule has 13 nitrogen and oxygen atoms in total. The molecule has 0 aliphatic rings. The maximum Gasteiger partial charge on any atom is 0.326 e. The third kappa shape index (κ3) is 10.8. The number of aliphatic hydroxyl groups excluding tert-OH is 1. The zero-order valence-electron chi connectivity index (χ0n) is 16.6. The van der Waals surface area contributed by atoms with E-state index < -0.39 is 60.9 Å². The summed E-state index contributed by atoms with van der Waals surface area (Å²) < 4.78 is 0. The van der Waals surface area contributed by atoms with E-state index in [9.17, 15) is 24.3 Å². The number of guanidine groups is 1. The standard InChI is InChI=1S/C16H31N7O6/c1-8(2)12(15(28)29)23-14(27)10(7-24)22-11(25)6-21-13(26)9(17)4-3-5-20-16(18)19/h8-10,12,24H,3-7,17H2,1-2H3,(H,21,26)(H,22,25)(H,23,27)(H,28,29)(H4,18,19,20). The maximum atomic E-state index is 12.1. The van der Waals surface area contributed by atoms with Gasteiger partial charge in [-0.3, -0.25) is 19.4 Å². The van der Waals surface area contributed by atoms with Gasteiger partial charge < -0.3 is 43.4 Å². The number of hydrogen-bond donors (Lipinski definition) is 8. The molecule has 0 aliphatic heterocycles. The number of aliphatic carboxylic acids is 1. The Hall–Kier alpha value is -2.93. The molecule has 0 rings (SSSR count). The largest absolute Gasteiger partial charge is 0.480 e. The fourth-order valence-corrected chi connectivity index (χ4v) is 2.16. The average Bonchev–Trinajstić information content (AvgIpc) is 2.64. The van der Waals surface area contributed by atoms with Crippen LogP contribution in [0.15, 0.2) is 4.99 Å². The monoisotopic (exact) mass is 417 g/mol. The van der Waals surface area contributed by atoms with E-state index in [1.807, 2.05) is 0 Å². The molecule has 0 radical (unpaired) electrons. The highest BCUT2D eigenvalue weighted by Crippen LogP contribution is 2.02. The van der Waals surface area contributed by atoms with Gasteiger partial charge in [-0.1, -0.05) is 13.8 Å². The molecule has 3 atom stereocenters. The first kappa shape index (κ1) is 26.1. The van der Waals surface area contributed by atoms with Gasteiger partial charge in [0.05, 0.1) is 19.2 Å². The molecule has 3 unspecified atom stereocenters. The molecule has 0 saturated carbocycles. The van der Waals surface area contributed by atoms with E-state index in [-0.39, 0.29) is 12.4 Å². The van der Waals surface area contributed by atoms with E-state index in [1.54, 1.807) is 13.8 Å². The van der Waals surface area contributed by atoms with Gasteiger partial charge in [-0.05, 0) is 18.8 Å². The topological polar surface area (TPSA) is 235 Å². The van der Waals surface area contributed by atoms with Gasteiger partial charge in [0, 0.05) is 6.54 Å². The van der Waals surface area contributed by atoms with E-state index in [4.69, 9.17) is 22.3 Å². The van der Waals surface area contributed by atoms with Crippen molar-refractivity contribution in [2.24, 2.45) is 28.1 Å². The molecule has 3 amide bonds. The normalized spacial score (nSPS) is 13.7. The predicted molar refractivity (Wildman–Crippen MR) is 104 cm³/mol. The third-order valence-corrected chi connectivity index (χ3v) is 3.79. The van der Waals surface area contributed by atoms with Gasteiger partial charge in [0.1, 0.15) is 12.1 Å². The van der Waals surface area contributed by atoms with Crippen LogP contribution in [-0.2, 0) is 19.2 Å². The number of amides is 3. The second-order valence-electron chi connectivity index (χ2n) is 6.64. The SMILES string of the molecule is CC(C)C(NC(=O)C(CO)NC(=O)CNC(=O)C(N)CCCN=C(N)N)C(=O)O. The second-order valence-corrected chi connectivity index (χ2v) is 6.64. The van der Waals surface area contributed by atoms with Gasteiger partial charge in [-0.2, -0.15) is 0 Å². The minimum absolute atomic E-state index is 0.0646. The van der Waals surface area contributed by atoms with Crippen molar-refractivity contribution in [2.45, 2.75) is 44.8 Å². The number of aliphatic hydroxyl groups is 1. The summed E-state index contributed by atoms with van der Waals surface area (Å²) >= 11 is 0. The fraction of sp³-hybridized carbons (Fsp3) is 0.688. The maximum absolute atomic E-state index is 12.1. The number of carbonyl (C=O) groups is 4. The van der Waals surface area contributed by atoms with E-state index in [1.165, 1.54) is 0 Å². The Morgan fingerprint density at radius 1 is 1.07 bits per heavy atom. The first-order valence-corrected chi connectivity index (χ1v) is 9.01. The Bertz CT molecular complexity index is 607. The summed E-state index contributed by atoms with van der Waals surface area (Å²) in [6, 6.07) is -3.42. The lowest BCUT2D eigenvalue weighted by Gasteiger charge is -2.22. The second kappa shape index (κ2) is 13.3. The minimum atomic E-state index is -1.37. The van der Waals surface area contributed by atoms with Crippen molar-refractivity contribution in [1.29, 1.82) is 0 Å². The van der Waals surface area contributed by atoms with Crippen LogP contribution >= 0.6 is 0 Å². The smallest absolute Gasteiger partial charge is 0.326 e. The fourth-order valence-electron chi connectivity index (χ4n) is 2.16.